The minimum atomic E-state index is -1.33. The molecule has 1 amide bonds. The Morgan fingerprint density at radius 3 is 2.26 bits per heavy atom. The van der Waals surface area contributed by atoms with Crippen molar-refractivity contribution in [1.29, 1.82) is 0 Å². The SMILES string of the molecule is Cc1oc2c(C)c3oc(=O)c(CCC(=O)N[C@H](C(=O)[O-])C(C)C)c(C)c3cc2c1-c1ccccc1. The lowest BCUT2D eigenvalue weighted by atomic mass is 9.96. The Bertz CT molecular complexity index is 1490. The van der Waals surface area contributed by atoms with Gasteiger partial charge in [0.1, 0.15) is 16.9 Å². The molecule has 35 heavy (non-hydrogen) atoms. The summed E-state index contributed by atoms with van der Waals surface area (Å²) in [5.41, 5.74) is 4.48. The van der Waals surface area contributed by atoms with Crippen LogP contribution in [0.15, 0.2) is 50.0 Å². The smallest absolute Gasteiger partial charge is 0.339 e. The van der Waals surface area contributed by atoms with E-state index in [4.69, 9.17) is 8.83 Å². The number of carbonyl (C=O) groups excluding carboxylic acids is 2. The number of rotatable bonds is 7. The van der Waals surface area contributed by atoms with E-state index in [0.29, 0.717) is 16.7 Å². The molecule has 0 saturated heterocycles. The highest BCUT2D eigenvalue weighted by atomic mass is 16.4. The van der Waals surface area contributed by atoms with Crippen molar-refractivity contribution in [1.82, 2.24) is 5.32 Å². The van der Waals surface area contributed by atoms with Crippen LogP contribution < -0.4 is 16.0 Å². The van der Waals surface area contributed by atoms with Crippen molar-refractivity contribution < 1.29 is 23.5 Å². The van der Waals surface area contributed by atoms with Gasteiger partial charge in [-0.1, -0.05) is 44.2 Å². The molecule has 2 aromatic carbocycles. The summed E-state index contributed by atoms with van der Waals surface area (Å²) in [6, 6.07) is 10.8. The van der Waals surface area contributed by atoms with Gasteiger partial charge in [-0.2, -0.15) is 0 Å². The van der Waals surface area contributed by atoms with E-state index in [1.807, 2.05) is 57.2 Å². The average molecular weight is 475 g/mol. The summed E-state index contributed by atoms with van der Waals surface area (Å²) in [6.07, 6.45) is 0.0791. The van der Waals surface area contributed by atoms with Crippen LogP contribution in [0.5, 0.6) is 0 Å². The molecule has 1 N–H and O–H groups in total. The number of hydrogen-bond donors (Lipinski definition) is 1. The van der Waals surface area contributed by atoms with Crippen LogP contribution in [0.3, 0.4) is 0 Å². The molecule has 2 aromatic heterocycles. The first-order chi connectivity index (χ1) is 16.6. The second-order valence-corrected chi connectivity index (χ2v) is 9.26. The van der Waals surface area contributed by atoms with Crippen molar-refractivity contribution >= 4 is 33.8 Å². The minimum absolute atomic E-state index is 0.0467. The van der Waals surface area contributed by atoms with Gasteiger partial charge >= 0.3 is 5.63 Å². The molecule has 0 saturated carbocycles. The summed E-state index contributed by atoms with van der Waals surface area (Å²) < 4.78 is 11.8. The van der Waals surface area contributed by atoms with E-state index < -0.39 is 23.5 Å². The summed E-state index contributed by atoms with van der Waals surface area (Å²) in [5, 5.41) is 15.5. The first-order valence-electron chi connectivity index (χ1n) is 11.6. The van der Waals surface area contributed by atoms with Gasteiger partial charge < -0.3 is 24.1 Å². The lowest BCUT2D eigenvalue weighted by molar-refractivity contribution is -0.309. The van der Waals surface area contributed by atoms with Crippen LogP contribution in [-0.2, 0) is 16.0 Å². The standard InChI is InChI=1S/C28H29NO6/c1-14(2)24(27(31)32)29-22(30)12-11-19-15(3)20-13-21-23(18-9-7-6-8-10-18)17(5)34-26(21)16(4)25(20)35-28(19)33/h6-10,13-14,24H,11-12H2,1-5H3,(H,29,30)(H,31,32)/p-1/t24-/m0/s1. The Labute approximate surface area is 202 Å². The Kier molecular flexibility index (Phi) is 6.52. The molecular weight excluding hydrogens is 446 g/mol. The first-order valence-corrected chi connectivity index (χ1v) is 11.6. The third-order valence-electron chi connectivity index (χ3n) is 6.54. The molecule has 0 aliphatic rings. The van der Waals surface area contributed by atoms with Crippen LogP contribution in [0, 0.1) is 26.7 Å². The molecule has 1 atom stereocenters. The average Bonchev–Trinajstić information content (AvgIpc) is 3.14. The molecule has 4 aromatic rings. The molecule has 0 fully saturated rings. The molecule has 7 heteroatoms. The maximum Gasteiger partial charge on any atom is 0.339 e. The number of aryl methyl sites for hydroxylation is 3. The fraction of sp³-hybridized carbons (Fsp3) is 0.321. The van der Waals surface area contributed by atoms with Gasteiger partial charge in [0.2, 0.25) is 5.91 Å². The van der Waals surface area contributed by atoms with E-state index in [0.717, 1.165) is 38.8 Å². The lowest BCUT2D eigenvalue weighted by Crippen LogP contribution is -2.50. The fourth-order valence-electron chi connectivity index (χ4n) is 4.61. The number of hydrogen-bond acceptors (Lipinski definition) is 6. The molecule has 0 aliphatic heterocycles. The molecule has 0 spiro atoms. The van der Waals surface area contributed by atoms with Crippen molar-refractivity contribution in [2.45, 2.75) is 53.5 Å². The number of carboxylic acid groups (broad SMARTS) is 1. The highest BCUT2D eigenvalue weighted by molar-refractivity contribution is 6.05. The largest absolute Gasteiger partial charge is 0.548 e. The topological polar surface area (TPSA) is 113 Å². The van der Waals surface area contributed by atoms with E-state index in [-0.39, 0.29) is 18.8 Å². The lowest BCUT2D eigenvalue weighted by Gasteiger charge is -2.23. The van der Waals surface area contributed by atoms with E-state index in [1.54, 1.807) is 13.8 Å². The highest BCUT2D eigenvalue weighted by Gasteiger charge is 2.22. The van der Waals surface area contributed by atoms with E-state index >= 15 is 0 Å². The molecule has 4 rings (SSSR count). The second kappa shape index (κ2) is 9.41. The third kappa shape index (κ3) is 4.46. The number of carboxylic acids is 1. The second-order valence-electron chi connectivity index (χ2n) is 9.26. The maximum atomic E-state index is 12.9. The van der Waals surface area contributed by atoms with Crippen LogP contribution in [0.25, 0.3) is 33.1 Å². The zero-order valence-electron chi connectivity index (χ0n) is 20.5. The van der Waals surface area contributed by atoms with Crippen LogP contribution in [-0.4, -0.2) is 17.9 Å². The zero-order valence-corrected chi connectivity index (χ0v) is 20.5. The summed E-state index contributed by atoms with van der Waals surface area (Å²) in [4.78, 5) is 36.5. The summed E-state index contributed by atoms with van der Waals surface area (Å²) in [5.74, 6) is -1.35. The van der Waals surface area contributed by atoms with Crippen molar-refractivity contribution in [3.63, 3.8) is 0 Å². The van der Waals surface area contributed by atoms with Gasteiger partial charge in [0.25, 0.3) is 0 Å². The third-order valence-corrected chi connectivity index (χ3v) is 6.54. The number of carbonyl (C=O) groups is 2. The monoisotopic (exact) mass is 474 g/mol. The number of fused-ring (bicyclic) bond motifs is 2. The Morgan fingerprint density at radius 2 is 1.63 bits per heavy atom. The predicted molar refractivity (Wildman–Crippen MR) is 132 cm³/mol. The quantitative estimate of drug-likeness (QED) is 0.406. The molecule has 0 bridgehead atoms. The van der Waals surface area contributed by atoms with E-state index in [9.17, 15) is 19.5 Å². The zero-order chi connectivity index (χ0) is 25.4. The first kappa shape index (κ1) is 24.3. The molecule has 0 radical (unpaired) electrons. The number of furan rings is 1. The minimum Gasteiger partial charge on any atom is -0.548 e. The predicted octanol–water partition coefficient (Wildman–Crippen LogP) is 3.95. The summed E-state index contributed by atoms with van der Waals surface area (Å²) in [6.45, 7) is 8.99. The van der Waals surface area contributed by atoms with Crippen LogP contribution in [0.1, 0.15) is 42.7 Å². The molecule has 7 nitrogen and oxygen atoms in total. The van der Waals surface area contributed by atoms with Crippen LogP contribution in [0.4, 0.5) is 0 Å². The Balaban J connectivity index is 1.75. The van der Waals surface area contributed by atoms with Gasteiger partial charge in [-0.3, -0.25) is 4.79 Å². The summed E-state index contributed by atoms with van der Waals surface area (Å²) in [7, 11) is 0. The molecule has 182 valence electrons. The van der Waals surface area contributed by atoms with Crippen LogP contribution >= 0.6 is 0 Å². The fourth-order valence-corrected chi connectivity index (χ4v) is 4.61. The van der Waals surface area contributed by atoms with Gasteiger partial charge in [0.15, 0.2) is 0 Å². The number of aliphatic carboxylic acids is 1. The van der Waals surface area contributed by atoms with Gasteiger partial charge in [-0.25, -0.2) is 4.79 Å². The van der Waals surface area contributed by atoms with Gasteiger partial charge in [0.05, 0.1) is 12.0 Å². The van der Waals surface area contributed by atoms with E-state index in [2.05, 4.69) is 5.32 Å². The van der Waals surface area contributed by atoms with Crippen molar-refractivity contribution in [2.24, 2.45) is 5.92 Å². The Morgan fingerprint density at radius 1 is 0.971 bits per heavy atom. The van der Waals surface area contributed by atoms with Crippen molar-refractivity contribution in [2.75, 3.05) is 0 Å². The molecule has 0 unspecified atom stereocenters. The van der Waals surface area contributed by atoms with Crippen molar-refractivity contribution in [3.8, 4) is 11.1 Å². The van der Waals surface area contributed by atoms with Gasteiger partial charge in [0, 0.05) is 33.9 Å². The molecule has 2 heterocycles. The van der Waals surface area contributed by atoms with E-state index in [1.165, 1.54) is 0 Å². The van der Waals surface area contributed by atoms with Gasteiger partial charge in [-0.15, -0.1) is 0 Å². The Hall–Kier alpha value is -3.87. The molecular formula is C28H28NO6-. The number of amides is 1. The maximum absolute atomic E-state index is 12.9. The normalized spacial score (nSPS) is 12.4. The van der Waals surface area contributed by atoms with Gasteiger partial charge in [-0.05, 0) is 50.3 Å². The highest BCUT2D eigenvalue weighted by Crippen LogP contribution is 2.39. The van der Waals surface area contributed by atoms with Crippen LogP contribution in [0.2, 0.25) is 0 Å². The molecule has 0 aliphatic carbocycles. The number of nitrogens with one attached hydrogen (secondary N) is 1. The van der Waals surface area contributed by atoms with Crippen molar-refractivity contribution in [3.05, 3.63) is 69.3 Å². The summed E-state index contributed by atoms with van der Waals surface area (Å²) >= 11 is 0. The number of benzene rings is 2.